The highest BCUT2D eigenvalue weighted by Gasteiger charge is 2.47. The van der Waals surface area contributed by atoms with Crippen molar-refractivity contribution in [3.63, 3.8) is 0 Å². The van der Waals surface area contributed by atoms with Crippen molar-refractivity contribution in [3.8, 4) is 0 Å². The zero-order chi connectivity index (χ0) is 17.4. The summed E-state index contributed by atoms with van der Waals surface area (Å²) >= 11 is 0. The Labute approximate surface area is 143 Å². The van der Waals surface area contributed by atoms with Gasteiger partial charge in [0.25, 0.3) is 0 Å². The van der Waals surface area contributed by atoms with Crippen molar-refractivity contribution in [2.24, 2.45) is 11.7 Å². The van der Waals surface area contributed by atoms with Crippen LogP contribution in [0, 0.1) is 5.92 Å². The summed E-state index contributed by atoms with van der Waals surface area (Å²) in [5, 5.41) is 0. The molecule has 2 fully saturated rings. The molecule has 2 aliphatic rings. The quantitative estimate of drug-likeness (QED) is 0.916. The van der Waals surface area contributed by atoms with Gasteiger partial charge in [0.05, 0.1) is 0 Å². The van der Waals surface area contributed by atoms with Crippen LogP contribution in [0.3, 0.4) is 0 Å². The van der Waals surface area contributed by atoms with E-state index in [4.69, 9.17) is 5.73 Å². The summed E-state index contributed by atoms with van der Waals surface area (Å²) in [6.45, 7) is 9.29. The van der Waals surface area contributed by atoms with Crippen molar-refractivity contribution >= 4 is 11.8 Å². The van der Waals surface area contributed by atoms with Gasteiger partial charge in [0.15, 0.2) is 0 Å². The van der Waals surface area contributed by atoms with Crippen molar-refractivity contribution in [1.29, 1.82) is 0 Å². The first-order chi connectivity index (χ1) is 11.4. The molecule has 0 bridgehead atoms. The lowest BCUT2D eigenvalue weighted by Crippen LogP contribution is -2.56. The van der Waals surface area contributed by atoms with Crippen molar-refractivity contribution < 1.29 is 9.59 Å². The van der Waals surface area contributed by atoms with E-state index >= 15 is 0 Å². The largest absolute Gasteiger partial charge is 0.366 e. The number of amides is 2. The van der Waals surface area contributed by atoms with Gasteiger partial charge in [0.2, 0.25) is 11.8 Å². The molecular formula is C19H27N3O2. The highest BCUT2D eigenvalue weighted by Crippen LogP contribution is 2.48. The van der Waals surface area contributed by atoms with Gasteiger partial charge in [-0.1, -0.05) is 12.1 Å². The predicted molar refractivity (Wildman–Crippen MR) is 93.7 cm³/mol. The molecule has 0 spiro atoms. The van der Waals surface area contributed by atoms with Crippen LogP contribution in [0.25, 0.3) is 0 Å². The van der Waals surface area contributed by atoms with Gasteiger partial charge >= 0.3 is 0 Å². The van der Waals surface area contributed by atoms with Crippen LogP contribution in [0.5, 0.6) is 0 Å². The first kappa shape index (κ1) is 17.0. The molecule has 24 heavy (non-hydrogen) atoms. The molecule has 1 aliphatic heterocycles. The molecule has 1 aromatic carbocycles. The molecule has 3 atom stereocenters. The third-order valence-electron chi connectivity index (χ3n) is 5.40. The summed E-state index contributed by atoms with van der Waals surface area (Å²) in [7, 11) is 0. The van der Waals surface area contributed by atoms with E-state index < -0.39 is 5.91 Å². The monoisotopic (exact) mass is 329 g/mol. The zero-order valence-corrected chi connectivity index (χ0v) is 14.7. The highest BCUT2D eigenvalue weighted by molar-refractivity contribution is 5.92. The van der Waals surface area contributed by atoms with Crippen LogP contribution in [0.2, 0.25) is 0 Å². The van der Waals surface area contributed by atoms with Crippen molar-refractivity contribution in [2.75, 3.05) is 19.6 Å². The number of carbonyl (C=O) groups is 2. The molecule has 0 unspecified atom stereocenters. The Bertz CT molecular complexity index is 626. The molecule has 1 aromatic rings. The Morgan fingerprint density at radius 1 is 1.17 bits per heavy atom. The van der Waals surface area contributed by atoms with Crippen molar-refractivity contribution in [1.82, 2.24) is 9.80 Å². The Hall–Kier alpha value is -1.88. The van der Waals surface area contributed by atoms with Crippen molar-refractivity contribution in [3.05, 3.63) is 35.4 Å². The standard InChI is InChI=1S/C19H27N3O2/c1-12(2)21-8-9-22(13(3)11-21)19(24)17-10-16(17)14-4-6-15(7-5-14)18(20)23/h4-7,12-13,16-17H,8-11H2,1-3H3,(H2,20,23)/t13-,16+,17-/m0/s1. The second-order valence-electron chi connectivity index (χ2n) is 7.40. The van der Waals surface area contributed by atoms with Crippen LogP contribution in [0.1, 0.15) is 49.0 Å². The second-order valence-corrected chi connectivity index (χ2v) is 7.40. The van der Waals surface area contributed by atoms with Gasteiger partial charge in [-0.2, -0.15) is 0 Å². The lowest BCUT2D eigenvalue weighted by molar-refractivity contribution is -0.137. The molecule has 3 rings (SSSR count). The molecule has 130 valence electrons. The third-order valence-corrected chi connectivity index (χ3v) is 5.40. The minimum absolute atomic E-state index is 0.0949. The third kappa shape index (κ3) is 3.31. The number of carbonyl (C=O) groups excluding carboxylic acids is 2. The van der Waals surface area contributed by atoms with E-state index in [-0.39, 0.29) is 23.8 Å². The van der Waals surface area contributed by atoms with Gasteiger partial charge in [0, 0.05) is 43.2 Å². The fraction of sp³-hybridized carbons (Fsp3) is 0.579. The molecule has 5 nitrogen and oxygen atoms in total. The highest BCUT2D eigenvalue weighted by atomic mass is 16.2. The van der Waals surface area contributed by atoms with Crippen LogP contribution in [0.4, 0.5) is 0 Å². The predicted octanol–water partition coefficient (Wildman–Crippen LogP) is 1.83. The van der Waals surface area contributed by atoms with Crippen LogP contribution in [-0.4, -0.2) is 53.3 Å². The fourth-order valence-electron chi connectivity index (χ4n) is 3.73. The number of benzene rings is 1. The minimum atomic E-state index is -0.415. The van der Waals surface area contributed by atoms with Crippen LogP contribution in [-0.2, 0) is 4.79 Å². The normalized spacial score (nSPS) is 27.3. The van der Waals surface area contributed by atoms with Gasteiger partial charge in [-0.15, -0.1) is 0 Å². The molecule has 1 saturated carbocycles. The average Bonchev–Trinajstić information content (AvgIpc) is 3.34. The second kappa shape index (κ2) is 6.55. The maximum Gasteiger partial charge on any atom is 0.248 e. The van der Waals surface area contributed by atoms with E-state index in [2.05, 4.69) is 30.6 Å². The number of primary amides is 1. The lowest BCUT2D eigenvalue weighted by atomic mass is 10.1. The first-order valence-electron chi connectivity index (χ1n) is 8.82. The summed E-state index contributed by atoms with van der Waals surface area (Å²) < 4.78 is 0. The number of rotatable bonds is 4. The van der Waals surface area contributed by atoms with E-state index in [0.29, 0.717) is 11.6 Å². The summed E-state index contributed by atoms with van der Waals surface area (Å²) in [5.74, 6) is 0.254. The first-order valence-corrected chi connectivity index (χ1v) is 8.82. The summed E-state index contributed by atoms with van der Waals surface area (Å²) in [6, 6.07) is 8.16. The fourth-order valence-corrected chi connectivity index (χ4v) is 3.73. The van der Waals surface area contributed by atoms with E-state index in [9.17, 15) is 9.59 Å². The van der Waals surface area contributed by atoms with E-state index in [1.165, 1.54) is 0 Å². The lowest BCUT2D eigenvalue weighted by Gasteiger charge is -2.41. The van der Waals surface area contributed by atoms with Gasteiger partial charge in [0.1, 0.15) is 0 Å². The molecular weight excluding hydrogens is 302 g/mol. The number of nitrogens with zero attached hydrogens (tertiary/aromatic N) is 2. The van der Waals surface area contributed by atoms with E-state index in [1.54, 1.807) is 12.1 Å². The average molecular weight is 329 g/mol. The molecule has 1 heterocycles. The van der Waals surface area contributed by atoms with E-state index in [0.717, 1.165) is 31.6 Å². The Morgan fingerprint density at radius 3 is 2.38 bits per heavy atom. The summed E-state index contributed by atoms with van der Waals surface area (Å²) in [6.07, 6.45) is 0.909. The van der Waals surface area contributed by atoms with Crippen molar-refractivity contribution in [2.45, 2.75) is 45.2 Å². The molecule has 5 heteroatoms. The SMILES string of the molecule is CC(C)N1CCN(C(=O)[C@H]2C[C@@H]2c2ccc(C(N)=O)cc2)[C@@H](C)C1. The smallest absolute Gasteiger partial charge is 0.248 e. The summed E-state index contributed by atoms with van der Waals surface area (Å²) in [4.78, 5) is 28.5. The molecule has 2 amide bonds. The number of piperazine rings is 1. The van der Waals surface area contributed by atoms with Crippen LogP contribution in [0.15, 0.2) is 24.3 Å². The molecule has 2 N–H and O–H groups in total. The van der Waals surface area contributed by atoms with Gasteiger partial charge in [-0.25, -0.2) is 0 Å². The van der Waals surface area contributed by atoms with Crippen LogP contribution >= 0.6 is 0 Å². The molecule has 0 aromatic heterocycles. The Kier molecular flexibility index (Phi) is 4.63. The Morgan fingerprint density at radius 2 is 1.83 bits per heavy atom. The number of nitrogens with two attached hydrogens (primary N) is 1. The molecule has 1 aliphatic carbocycles. The van der Waals surface area contributed by atoms with E-state index in [1.807, 2.05) is 12.1 Å². The van der Waals surface area contributed by atoms with Gasteiger partial charge in [-0.3, -0.25) is 14.5 Å². The molecule has 1 saturated heterocycles. The Balaban J connectivity index is 1.60. The maximum absolute atomic E-state index is 12.8. The maximum atomic E-state index is 12.8. The topological polar surface area (TPSA) is 66.6 Å². The van der Waals surface area contributed by atoms with Crippen LogP contribution < -0.4 is 5.73 Å². The number of hydrogen-bond acceptors (Lipinski definition) is 3. The number of hydrogen-bond donors (Lipinski definition) is 1. The zero-order valence-electron chi connectivity index (χ0n) is 14.7. The minimum Gasteiger partial charge on any atom is -0.366 e. The van der Waals surface area contributed by atoms with Gasteiger partial charge < -0.3 is 10.6 Å². The summed E-state index contributed by atoms with van der Waals surface area (Å²) in [5.41, 5.74) is 6.92. The molecule has 0 radical (unpaired) electrons. The van der Waals surface area contributed by atoms with Gasteiger partial charge in [-0.05, 0) is 50.8 Å².